The molecule has 0 unspecified atom stereocenters. The van der Waals surface area contributed by atoms with Crippen LogP contribution in [0.4, 0.5) is 0 Å². The Labute approximate surface area is 128 Å². The van der Waals surface area contributed by atoms with Gasteiger partial charge in [0.1, 0.15) is 5.52 Å². The zero-order valence-electron chi connectivity index (χ0n) is 12.4. The van der Waals surface area contributed by atoms with Crippen LogP contribution in [0.1, 0.15) is 6.42 Å². The molecule has 2 heterocycles. The number of hydrogen-bond acceptors (Lipinski definition) is 5. The third kappa shape index (κ3) is 3.26. The van der Waals surface area contributed by atoms with Crippen molar-refractivity contribution in [2.75, 3.05) is 32.9 Å². The van der Waals surface area contributed by atoms with Gasteiger partial charge >= 0.3 is 0 Å². The van der Waals surface area contributed by atoms with Crippen LogP contribution in [0.5, 0.6) is 0 Å². The summed E-state index contributed by atoms with van der Waals surface area (Å²) in [5.74, 6) is 0.0576. The minimum absolute atomic E-state index is 0.00125. The van der Waals surface area contributed by atoms with Crippen molar-refractivity contribution in [3.05, 3.63) is 24.3 Å². The lowest BCUT2D eigenvalue weighted by Crippen LogP contribution is -2.37. The number of aliphatic hydroxyl groups excluding tert-OH is 1. The zero-order valence-corrected chi connectivity index (χ0v) is 12.4. The Morgan fingerprint density at radius 1 is 1.41 bits per heavy atom. The van der Waals surface area contributed by atoms with E-state index >= 15 is 0 Å². The van der Waals surface area contributed by atoms with E-state index in [0.717, 1.165) is 11.0 Å². The minimum atomic E-state index is -0.00125. The predicted molar refractivity (Wildman–Crippen MR) is 80.1 cm³/mol. The Hall–Kier alpha value is -1.99. The molecule has 7 heteroatoms. The Morgan fingerprint density at radius 3 is 3.14 bits per heavy atom. The van der Waals surface area contributed by atoms with Crippen molar-refractivity contribution in [2.45, 2.75) is 13.0 Å². The first-order valence-corrected chi connectivity index (χ1v) is 7.52. The van der Waals surface area contributed by atoms with Crippen LogP contribution in [0.25, 0.3) is 11.0 Å². The largest absolute Gasteiger partial charge is 0.396 e. The number of para-hydroxylation sites is 1. The van der Waals surface area contributed by atoms with Crippen LogP contribution in [-0.2, 0) is 16.1 Å². The molecule has 1 saturated heterocycles. The van der Waals surface area contributed by atoms with E-state index in [1.165, 1.54) is 0 Å². The summed E-state index contributed by atoms with van der Waals surface area (Å²) < 4.78 is 7.16. The highest BCUT2D eigenvalue weighted by molar-refractivity contribution is 5.77. The number of aliphatic hydroxyl groups is 1. The zero-order chi connectivity index (χ0) is 15.4. The van der Waals surface area contributed by atoms with Crippen molar-refractivity contribution in [3.8, 4) is 0 Å². The Bertz CT molecular complexity index is 643. The van der Waals surface area contributed by atoms with Gasteiger partial charge in [0.25, 0.3) is 0 Å². The molecule has 0 spiro atoms. The van der Waals surface area contributed by atoms with Gasteiger partial charge in [0.2, 0.25) is 5.91 Å². The SMILES string of the molecule is O=C(CCn1nnc2ccccc21)N1CCOC[C@H](CO)C1. The van der Waals surface area contributed by atoms with Crippen molar-refractivity contribution in [1.29, 1.82) is 0 Å². The fourth-order valence-corrected chi connectivity index (χ4v) is 2.66. The smallest absolute Gasteiger partial charge is 0.224 e. The lowest BCUT2D eigenvalue weighted by molar-refractivity contribution is -0.132. The molecule has 118 valence electrons. The van der Waals surface area contributed by atoms with Gasteiger partial charge in [-0.1, -0.05) is 17.3 Å². The summed E-state index contributed by atoms with van der Waals surface area (Å²) in [6, 6.07) is 7.70. The molecule has 1 fully saturated rings. The van der Waals surface area contributed by atoms with E-state index in [9.17, 15) is 9.90 Å². The van der Waals surface area contributed by atoms with Gasteiger partial charge in [-0.25, -0.2) is 4.68 Å². The normalized spacial score (nSPS) is 19.3. The number of carbonyl (C=O) groups excluding carboxylic acids is 1. The summed E-state index contributed by atoms with van der Waals surface area (Å²) in [6.45, 7) is 2.70. The summed E-state index contributed by atoms with van der Waals surface area (Å²) >= 11 is 0. The van der Waals surface area contributed by atoms with Crippen LogP contribution in [0.2, 0.25) is 0 Å². The third-order valence-electron chi connectivity index (χ3n) is 3.91. The lowest BCUT2D eigenvalue weighted by Gasteiger charge is -2.22. The molecule has 1 N–H and O–H groups in total. The molecule has 0 saturated carbocycles. The van der Waals surface area contributed by atoms with Gasteiger partial charge in [0.05, 0.1) is 25.3 Å². The van der Waals surface area contributed by atoms with E-state index < -0.39 is 0 Å². The Balaban J connectivity index is 1.61. The fourth-order valence-electron chi connectivity index (χ4n) is 2.66. The molecule has 2 aromatic rings. The van der Waals surface area contributed by atoms with E-state index in [1.807, 2.05) is 24.3 Å². The summed E-state index contributed by atoms with van der Waals surface area (Å²) in [5, 5.41) is 17.5. The standard InChI is InChI=1S/C15H20N4O3/c20-10-12-9-18(7-8-22-11-12)15(21)5-6-19-14-4-2-1-3-13(14)16-17-19/h1-4,12,20H,5-11H2/t12-/m0/s1. The molecular formula is C15H20N4O3. The van der Waals surface area contributed by atoms with Crippen LogP contribution < -0.4 is 0 Å². The lowest BCUT2D eigenvalue weighted by atomic mass is 10.1. The number of amides is 1. The van der Waals surface area contributed by atoms with E-state index in [1.54, 1.807) is 9.58 Å². The number of aromatic nitrogens is 3. The van der Waals surface area contributed by atoms with Gasteiger partial charge in [-0.3, -0.25) is 4.79 Å². The van der Waals surface area contributed by atoms with E-state index in [2.05, 4.69) is 10.3 Å². The molecule has 3 rings (SSSR count). The van der Waals surface area contributed by atoms with Crippen LogP contribution in [0, 0.1) is 5.92 Å². The van der Waals surface area contributed by atoms with Gasteiger partial charge in [-0.05, 0) is 12.1 Å². The quantitative estimate of drug-likeness (QED) is 0.878. The average molecular weight is 304 g/mol. The van der Waals surface area contributed by atoms with Gasteiger partial charge in [-0.15, -0.1) is 5.10 Å². The molecule has 1 aromatic carbocycles. The second-order valence-electron chi connectivity index (χ2n) is 5.51. The summed E-state index contributed by atoms with van der Waals surface area (Å²) in [7, 11) is 0. The van der Waals surface area contributed by atoms with Crippen molar-refractivity contribution in [1.82, 2.24) is 19.9 Å². The maximum absolute atomic E-state index is 12.4. The molecule has 1 amide bonds. The highest BCUT2D eigenvalue weighted by atomic mass is 16.5. The highest BCUT2D eigenvalue weighted by Gasteiger charge is 2.22. The van der Waals surface area contributed by atoms with Crippen LogP contribution in [0.3, 0.4) is 0 Å². The fraction of sp³-hybridized carbons (Fsp3) is 0.533. The second-order valence-corrected chi connectivity index (χ2v) is 5.51. The van der Waals surface area contributed by atoms with Crippen molar-refractivity contribution < 1.29 is 14.6 Å². The summed E-state index contributed by atoms with van der Waals surface area (Å²) in [6.07, 6.45) is 0.367. The highest BCUT2D eigenvalue weighted by Crippen LogP contribution is 2.12. The Kier molecular flexibility index (Phi) is 4.65. The molecule has 22 heavy (non-hydrogen) atoms. The van der Waals surface area contributed by atoms with E-state index in [0.29, 0.717) is 39.3 Å². The third-order valence-corrected chi connectivity index (χ3v) is 3.91. The van der Waals surface area contributed by atoms with Crippen LogP contribution in [-0.4, -0.2) is 63.8 Å². The molecule has 1 atom stereocenters. The van der Waals surface area contributed by atoms with Crippen molar-refractivity contribution >= 4 is 16.9 Å². The number of aryl methyl sites for hydroxylation is 1. The van der Waals surface area contributed by atoms with E-state index in [-0.39, 0.29) is 18.4 Å². The minimum Gasteiger partial charge on any atom is -0.396 e. The number of benzene rings is 1. The molecular weight excluding hydrogens is 284 g/mol. The second kappa shape index (κ2) is 6.85. The molecule has 0 bridgehead atoms. The summed E-state index contributed by atoms with van der Waals surface area (Å²) in [5.41, 5.74) is 1.77. The van der Waals surface area contributed by atoms with Crippen LogP contribution in [0.15, 0.2) is 24.3 Å². The maximum Gasteiger partial charge on any atom is 0.224 e. The molecule has 1 aromatic heterocycles. The van der Waals surface area contributed by atoms with Gasteiger partial charge < -0.3 is 14.7 Å². The van der Waals surface area contributed by atoms with Crippen molar-refractivity contribution in [3.63, 3.8) is 0 Å². The average Bonchev–Trinajstić information content (AvgIpc) is 2.80. The number of ether oxygens (including phenoxy) is 1. The number of nitrogens with zero attached hydrogens (tertiary/aromatic N) is 4. The molecule has 1 aliphatic rings. The topological polar surface area (TPSA) is 80.5 Å². The monoisotopic (exact) mass is 304 g/mol. The predicted octanol–water partition coefficient (Wildman–Crippen LogP) is 0.289. The first-order chi connectivity index (χ1) is 10.8. The number of hydrogen-bond donors (Lipinski definition) is 1. The number of carbonyl (C=O) groups is 1. The molecule has 1 aliphatic heterocycles. The first kappa shape index (κ1) is 14.9. The van der Waals surface area contributed by atoms with Crippen molar-refractivity contribution in [2.24, 2.45) is 5.92 Å². The Morgan fingerprint density at radius 2 is 2.27 bits per heavy atom. The molecule has 0 aliphatic carbocycles. The first-order valence-electron chi connectivity index (χ1n) is 7.52. The van der Waals surface area contributed by atoms with Crippen LogP contribution >= 0.6 is 0 Å². The van der Waals surface area contributed by atoms with Gasteiger partial charge in [0.15, 0.2) is 0 Å². The maximum atomic E-state index is 12.4. The van der Waals surface area contributed by atoms with E-state index in [4.69, 9.17) is 4.74 Å². The molecule has 0 radical (unpaired) electrons. The number of rotatable bonds is 4. The van der Waals surface area contributed by atoms with Gasteiger partial charge in [-0.2, -0.15) is 0 Å². The summed E-state index contributed by atoms with van der Waals surface area (Å²) in [4.78, 5) is 14.1. The van der Waals surface area contributed by atoms with Gasteiger partial charge in [0, 0.05) is 32.0 Å². The molecule has 7 nitrogen and oxygen atoms in total. The number of fused-ring (bicyclic) bond motifs is 1.